The van der Waals surface area contributed by atoms with E-state index in [0.29, 0.717) is 5.69 Å². The molecule has 2 heterocycles. The summed E-state index contributed by atoms with van der Waals surface area (Å²) in [6.45, 7) is 1.80. The maximum atomic E-state index is 10.6. The van der Waals surface area contributed by atoms with Crippen molar-refractivity contribution in [3.63, 3.8) is 0 Å². The second kappa shape index (κ2) is 2.41. The first kappa shape index (κ1) is 6.97. The molecule has 0 bridgehead atoms. The Morgan fingerprint density at radius 3 is 3.17 bits per heavy atom. The van der Waals surface area contributed by atoms with Crippen molar-refractivity contribution in [1.29, 1.82) is 0 Å². The summed E-state index contributed by atoms with van der Waals surface area (Å²) in [6.07, 6.45) is 4.02. The Hall–Kier alpha value is -1.71. The normalized spacial score (nSPS) is 10.4. The number of hydrogen-bond acceptors (Lipinski definition) is 3. The molecule has 60 valence electrons. The molecular weight excluding hydrogens is 154 g/mol. The zero-order chi connectivity index (χ0) is 8.55. The van der Waals surface area contributed by atoms with Crippen LogP contribution in [-0.4, -0.2) is 20.7 Å². The second-order valence-corrected chi connectivity index (χ2v) is 2.51. The molecular formula is C8H7N3O. The molecule has 4 nitrogen and oxygen atoms in total. The number of nitrogens with zero attached hydrogens (tertiary/aromatic N) is 3. The molecule has 0 spiro atoms. The highest BCUT2D eigenvalue weighted by Crippen LogP contribution is 2.07. The molecule has 2 rings (SSSR count). The third-order valence-electron chi connectivity index (χ3n) is 1.76. The molecule has 12 heavy (non-hydrogen) atoms. The van der Waals surface area contributed by atoms with Crippen LogP contribution in [0.1, 0.15) is 16.2 Å². The zero-order valence-electron chi connectivity index (χ0n) is 6.56. The molecule has 4 heteroatoms. The smallest absolute Gasteiger partial charge is 0.168 e. The van der Waals surface area contributed by atoms with Gasteiger partial charge in [-0.3, -0.25) is 9.20 Å². The number of rotatable bonds is 1. The maximum Gasteiger partial charge on any atom is 0.168 e. The minimum Gasteiger partial charge on any atom is -0.296 e. The van der Waals surface area contributed by atoms with Gasteiger partial charge in [-0.05, 0) is 13.0 Å². The van der Waals surface area contributed by atoms with Crippen LogP contribution in [0.3, 0.4) is 0 Å². The number of hydrogen-bond donors (Lipinski definition) is 0. The molecule has 0 saturated carbocycles. The molecule has 0 aromatic carbocycles. The summed E-state index contributed by atoms with van der Waals surface area (Å²) in [5, 5.41) is 0. The van der Waals surface area contributed by atoms with Gasteiger partial charge >= 0.3 is 0 Å². The van der Waals surface area contributed by atoms with Crippen molar-refractivity contribution in [2.75, 3.05) is 0 Å². The summed E-state index contributed by atoms with van der Waals surface area (Å²) in [5.41, 5.74) is 2.06. The van der Waals surface area contributed by atoms with Crippen LogP contribution in [-0.2, 0) is 0 Å². The lowest BCUT2D eigenvalue weighted by atomic mass is 10.4. The Morgan fingerprint density at radius 1 is 1.58 bits per heavy atom. The molecule has 0 saturated heterocycles. The van der Waals surface area contributed by atoms with E-state index < -0.39 is 0 Å². The number of carbonyl (C=O) groups is 1. The lowest BCUT2D eigenvalue weighted by molar-refractivity contribution is 0.111. The highest BCUT2D eigenvalue weighted by Gasteiger charge is 2.05. The van der Waals surface area contributed by atoms with E-state index in [-0.39, 0.29) is 0 Å². The quantitative estimate of drug-likeness (QED) is 0.582. The standard InChI is InChI=1S/C8H7N3O/c1-6-7(4-12)11-5-9-3-2-8(11)10-6/h2-5H,1H3. The predicted octanol–water partition coefficient (Wildman–Crippen LogP) is 0.850. The summed E-state index contributed by atoms with van der Waals surface area (Å²) in [7, 11) is 0. The number of aldehydes is 1. The molecule has 0 fully saturated rings. The van der Waals surface area contributed by atoms with Gasteiger partial charge in [0.1, 0.15) is 17.7 Å². The van der Waals surface area contributed by atoms with E-state index in [2.05, 4.69) is 9.97 Å². The molecule has 0 atom stereocenters. The monoisotopic (exact) mass is 161 g/mol. The molecule has 0 radical (unpaired) electrons. The first-order chi connectivity index (χ1) is 5.83. The average Bonchev–Trinajstić information content (AvgIpc) is 2.40. The van der Waals surface area contributed by atoms with E-state index in [1.807, 2.05) is 0 Å². The molecule has 0 unspecified atom stereocenters. The Bertz CT molecular complexity index is 433. The number of aryl methyl sites for hydroxylation is 1. The third-order valence-corrected chi connectivity index (χ3v) is 1.76. The Balaban J connectivity index is 2.90. The summed E-state index contributed by atoms with van der Waals surface area (Å²) in [4.78, 5) is 18.7. The van der Waals surface area contributed by atoms with Crippen molar-refractivity contribution in [1.82, 2.24) is 14.4 Å². The van der Waals surface area contributed by atoms with E-state index in [1.54, 1.807) is 29.9 Å². The fraction of sp³-hybridized carbons (Fsp3) is 0.125. The van der Waals surface area contributed by atoms with Gasteiger partial charge in [0.15, 0.2) is 6.29 Å². The van der Waals surface area contributed by atoms with Crippen molar-refractivity contribution >= 4 is 11.9 Å². The first-order valence-electron chi connectivity index (χ1n) is 3.57. The highest BCUT2D eigenvalue weighted by molar-refractivity contribution is 5.76. The average molecular weight is 161 g/mol. The van der Waals surface area contributed by atoms with Crippen LogP contribution >= 0.6 is 0 Å². The molecule has 0 N–H and O–H groups in total. The largest absolute Gasteiger partial charge is 0.296 e. The van der Waals surface area contributed by atoms with E-state index in [0.717, 1.165) is 17.6 Å². The van der Waals surface area contributed by atoms with E-state index >= 15 is 0 Å². The number of aromatic nitrogens is 3. The van der Waals surface area contributed by atoms with Crippen LogP contribution in [0.2, 0.25) is 0 Å². The van der Waals surface area contributed by atoms with Gasteiger partial charge in [0.05, 0.1) is 5.69 Å². The number of carbonyl (C=O) groups excluding carboxylic acids is 1. The van der Waals surface area contributed by atoms with Gasteiger partial charge in [-0.25, -0.2) is 9.97 Å². The second-order valence-electron chi connectivity index (χ2n) is 2.51. The van der Waals surface area contributed by atoms with Crippen LogP contribution in [0.15, 0.2) is 18.6 Å². The number of fused-ring (bicyclic) bond motifs is 1. The van der Waals surface area contributed by atoms with Crippen LogP contribution in [0, 0.1) is 6.92 Å². The summed E-state index contributed by atoms with van der Waals surface area (Å²) >= 11 is 0. The van der Waals surface area contributed by atoms with Gasteiger partial charge in [0.25, 0.3) is 0 Å². The van der Waals surface area contributed by atoms with E-state index in [9.17, 15) is 4.79 Å². The van der Waals surface area contributed by atoms with Crippen LogP contribution < -0.4 is 0 Å². The van der Waals surface area contributed by atoms with Crippen molar-refractivity contribution < 1.29 is 4.79 Å². The minimum atomic E-state index is 0.568. The Morgan fingerprint density at radius 2 is 2.42 bits per heavy atom. The van der Waals surface area contributed by atoms with E-state index in [1.165, 1.54) is 0 Å². The van der Waals surface area contributed by atoms with Crippen molar-refractivity contribution in [3.8, 4) is 0 Å². The third kappa shape index (κ3) is 0.812. The van der Waals surface area contributed by atoms with Crippen molar-refractivity contribution in [2.45, 2.75) is 6.92 Å². The maximum absolute atomic E-state index is 10.6. The Labute approximate surface area is 68.9 Å². The van der Waals surface area contributed by atoms with Gasteiger partial charge < -0.3 is 0 Å². The molecule has 0 amide bonds. The predicted molar refractivity (Wildman–Crippen MR) is 43.1 cm³/mol. The van der Waals surface area contributed by atoms with Crippen molar-refractivity contribution in [3.05, 3.63) is 30.0 Å². The van der Waals surface area contributed by atoms with Gasteiger partial charge in [-0.15, -0.1) is 0 Å². The van der Waals surface area contributed by atoms with Gasteiger partial charge in [0, 0.05) is 6.20 Å². The number of imidazole rings is 1. The molecule has 0 aliphatic carbocycles. The van der Waals surface area contributed by atoms with Gasteiger partial charge in [-0.1, -0.05) is 0 Å². The zero-order valence-corrected chi connectivity index (χ0v) is 6.56. The minimum absolute atomic E-state index is 0.568. The van der Waals surface area contributed by atoms with E-state index in [4.69, 9.17) is 0 Å². The Kier molecular flexibility index (Phi) is 1.40. The fourth-order valence-electron chi connectivity index (χ4n) is 1.18. The van der Waals surface area contributed by atoms with Gasteiger partial charge in [-0.2, -0.15) is 0 Å². The summed E-state index contributed by atoms with van der Waals surface area (Å²) in [5.74, 6) is 0. The first-order valence-corrected chi connectivity index (χ1v) is 3.57. The topological polar surface area (TPSA) is 47.3 Å². The molecule has 0 aliphatic rings. The summed E-state index contributed by atoms with van der Waals surface area (Å²) in [6, 6.07) is 1.76. The lowest BCUT2D eigenvalue weighted by Crippen LogP contribution is -1.92. The lowest BCUT2D eigenvalue weighted by Gasteiger charge is -1.91. The molecule has 2 aromatic rings. The van der Waals surface area contributed by atoms with Crippen LogP contribution in [0.5, 0.6) is 0 Å². The summed E-state index contributed by atoms with van der Waals surface area (Å²) < 4.78 is 1.67. The molecule has 0 aliphatic heterocycles. The SMILES string of the molecule is Cc1nc2ccncn2c1C=O. The van der Waals surface area contributed by atoms with Crippen LogP contribution in [0.4, 0.5) is 0 Å². The molecule has 2 aromatic heterocycles. The highest BCUT2D eigenvalue weighted by atomic mass is 16.1. The van der Waals surface area contributed by atoms with Gasteiger partial charge in [0.2, 0.25) is 0 Å². The van der Waals surface area contributed by atoms with Crippen molar-refractivity contribution in [2.24, 2.45) is 0 Å². The van der Waals surface area contributed by atoms with Crippen LogP contribution in [0.25, 0.3) is 5.65 Å². The fourth-order valence-corrected chi connectivity index (χ4v) is 1.18.